The maximum atomic E-state index is 13.8. The second-order valence-electron chi connectivity index (χ2n) is 8.06. The highest BCUT2D eigenvalue weighted by molar-refractivity contribution is 7.92. The van der Waals surface area contributed by atoms with Crippen molar-refractivity contribution in [2.75, 3.05) is 30.8 Å². The summed E-state index contributed by atoms with van der Waals surface area (Å²) in [5, 5.41) is 2.78. The first kappa shape index (κ1) is 28.0. The van der Waals surface area contributed by atoms with Crippen LogP contribution in [0, 0.1) is 11.6 Å². The molecule has 0 aliphatic rings. The number of ether oxygens (including phenoxy) is 1. The van der Waals surface area contributed by atoms with Crippen LogP contribution in [0.5, 0.6) is 5.75 Å². The molecule has 1 N–H and O–H groups in total. The largest absolute Gasteiger partial charge is 0.497 e. The molecule has 2 aromatic carbocycles. The minimum Gasteiger partial charge on any atom is -0.497 e. The SMILES string of the molecule is CCCCNC(=O)C(C)N(Cc1cccc(OC)c1)C(=O)CN(c1ccc(F)c(F)c1)S(C)(=O)=O. The van der Waals surface area contributed by atoms with Crippen molar-refractivity contribution in [3.8, 4) is 5.75 Å². The van der Waals surface area contributed by atoms with E-state index in [-0.39, 0.29) is 12.2 Å². The Kier molecular flexibility index (Phi) is 10.00. The van der Waals surface area contributed by atoms with Crippen LogP contribution in [0.2, 0.25) is 0 Å². The summed E-state index contributed by atoms with van der Waals surface area (Å²) in [6.07, 6.45) is 2.49. The van der Waals surface area contributed by atoms with Crippen molar-refractivity contribution < 1.29 is 31.5 Å². The molecule has 0 spiro atoms. The maximum Gasteiger partial charge on any atom is 0.244 e. The average Bonchev–Trinajstić information content (AvgIpc) is 2.81. The second kappa shape index (κ2) is 12.5. The molecule has 0 radical (unpaired) electrons. The summed E-state index contributed by atoms with van der Waals surface area (Å²) in [5.41, 5.74) is 0.450. The Bertz CT molecular complexity index is 1140. The first-order valence-corrected chi connectivity index (χ1v) is 13.0. The average molecular weight is 512 g/mol. The molecule has 0 aromatic heterocycles. The highest BCUT2D eigenvalue weighted by Gasteiger charge is 2.30. The van der Waals surface area contributed by atoms with Crippen molar-refractivity contribution in [1.29, 1.82) is 0 Å². The molecule has 0 heterocycles. The predicted octanol–water partition coefficient (Wildman–Crippen LogP) is 3.07. The monoisotopic (exact) mass is 511 g/mol. The zero-order valence-electron chi connectivity index (χ0n) is 20.3. The summed E-state index contributed by atoms with van der Waals surface area (Å²) in [6.45, 7) is 3.24. The Morgan fingerprint density at radius 3 is 2.43 bits per heavy atom. The molecular formula is C24H31F2N3O5S. The van der Waals surface area contributed by atoms with Gasteiger partial charge in [-0.25, -0.2) is 17.2 Å². The van der Waals surface area contributed by atoms with Crippen LogP contribution in [0.15, 0.2) is 42.5 Å². The number of nitrogens with zero attached hydrogens (tertiary/aromatic N) is 2. The van der Waals surface area contributed by atoms with Crippen LogP contribution in [-0.4, -0.2) is 57.6 Å². The molecule has 1 atom stereocenters. The van der Waals surface area contributed by atoms with Gasteiger partial charge in [0.2, 0.25) is 21.8 Å². The molecule has 2 rings (SSSR count). The van der Waals surface area contributed by atoms with Crippen molar-refractivity contribution in [3.05, 3.63) is 59.7 Å². The van der Waals surface area contributed by atoms with Crippen LogP contribution < -0.4 is 14.4 Å². The summed E-state index contributed by atoms with van der Waals surface area (Å²) >= 11 is 0. The molecule has 192 valence electrons. The predicted molar refractivity (Wildman–Crippen MR) is 129 cm³/mol. The third kappa shape index (κ3) is 7.91. The van der Waals surface area contributed by atoms with Crippen LogP contribution in [-0.2, 0) is 26.2 Å². The van der Waals surface area contributed by atoms with Gasteiger partial charge >= 0.3 is 0 Å². The Morgan fingerprint density at radius 1 is 1.11 bits per heavy atom. The smallest absolute Gasteiger partial charge is 0.244 e. The van der Waals surface area contributed by atoms with E-state index in [4.69, 9.17) is 4.74 Å². The van der Waals surface area contributed by atoms with Crippen LogP contribution in [0.4, 0.5) is 14.5 Å². The normalized spacial score (nSPS) is 12.1. The van der Waals surface area contributed by atoms with E-state index in [2.05, 4.69) is 5.32 Å². The van der Waals surface area contributed by atoms with Gasteiger partial charge in [0, 0.05) is 19.2 Å². The van der Waals surface area contributed by atoms with Gasteiger partial charge in [-0.05, 0) is 43.2 Å². The van der Waals surface area contributed by atoms with Crippen LogP contribution >= 0.6 is 0 Å². The van der Waals surface area contributed by atoms with Crippen LogP contribution in [0.3, 0.4) is 0 Å². The number of rotatable bonds is 12. The fourth-order valence-electron chi connectivity index (χ4n) is 3.34. The van der Waals surface area contributed by atoms with Gasteiger partial charge in [0.15, 0.2) is 11.6 Å². The van der Waals surface area contributed by atoms with E-state index < -0.39 is 46.1 Å². The van der Waals surface area contributed by atoms with Gasteiger partial charge in [-0.1, -0.05) is 25.5 Å². The van der Waals surface area contributed by atoms with Crippen molar-refractivity contribution in [3.63, 3.8) is 0 Å². The number of amides is 2. The lowest BCUT2D eigenvalue weighted by Crippen LogP contribution is -2.51. The molecule has 0 aliphatic heterocycles. The fourth-order valence-corrected chi connectivity index (χ4v) is 4.18. The molecule has 35 heavy (non-hydrogen) atoms. The summed E-state index contributed by atoms with van der Waals surface area (Å²) in [7, 11) is -2.55. The number of unbranched alkanes of at least 4 members (excludes halogenated alkanes) is 1. The molecule has 1 unspecified atom stereocenters. The molecular weight excluding hydrogens is 480 g/mol. The molecule has 0 bridgehead atoms. The maximum absolute atomic E-state index is 13.8. The van der Waals surface area contributed by atoms with Gasteiger partial charge in [-0.2, -0.15) is 0 Å². The minimum atomic E-state index is -4.05. The number of hydrogen-bond acceptors (Lipinski definition) is 5. The van der Waals surface area contributed by atoms with E-state index >= 15 is 0 Å². The van der Waals surface area contributed by atoms with Crippen molar-refractivity contribution >= 4 is 27.5 Å². The highest BCUT2D eigenvalue weighted by Crippen LogP contribution is 2.22. The molecule has 0 fully saturated rings. The number of carbonyl (C=O) groups is 2. The third-order valence-corrected chi connectivity index (χ3v) is 6.49. The summed E-state index contributed by atoms with van der Waals surface area (Å²) in [4.78, 5) is 27.4. The van der Waals surface area contributed by atoms with Gasteiger partial charge in [-0.3, -0.25) is 13.9 Å². The third-order valence-electron chi connectivity index (χ3n) is 5.35. The van der Waals surface area contributed by atoms with Crippen LogP contribution in [0.1, 0.15) is 32.3 Å². The number of methoxy groups -OCH3 is 1. The first-order chi connectivity index (χ1) is 16.5. The Hall–Kier alpha value is -3.21. The summed E-state index contributed by atoms with van der Waals surface area (Å²) < 4.78 is 58.0. The topological polar surface area (TPSA) is 96.0 Å². The molecule has 0 saturated heterocycles. The molecule has 11 heteroatoms. The molecule has 2 amide bonds. The van der Waals surface area contributed by atoms with Gasteiger partial charge in [0.05, 0.1) is 19.1 Å². The molecule has 8 nitrogen and oxygen atoms in total. The lowest BCUT2D eigenvalue weighted by Gasteiger charge is -2.31. The number of carbonyl (C=O) groups excluding carboxylic acids is 2. The van der Waals surface area contributed by atoms with Crippen molar-refractivity contribution in [2.45, 2.75) is 39.3 Å². The number of nitrogens with one attached hydrogen (secondary N) is 1. The zero-order chi connectivity index (χ0) is 26.2. The standard InChI is InChI=1S/C24H31F2N3O5S/c1-5-6-12-27-24(31)17(2)28(15-18-8-7-9-20(13-18)34-3)23(30)16-29(35(4,32)33)19-10-11-21(25)22(26)14-19/h7-11,13-14,17H,5-6,12,15-16H2,1-4H3,(H,27,31). The lowest BCUT2D eigenvalue weighted by molar-refractivity contribution is -0.139. The first-order valence-electron chi connectivity index (χ1n) is 11.1. The Morgan fingerprint density at radius 2 is 1.83 bits per heavy atom. The van der Waals surface area contributed by atoms with E-state index in [0.29, 0.717) is 28.2 Å². The van der Waals surface area contributed by atoms with Gasteiger partial charge in [-0.15, -0.1) is 0 Å². The summed E-state index contributed by atoms with van der Waals surface area (Å²) in [5.74, 6) is -2.94. The quantitative estimate of drug-likeness (QED) is 0.442. The number of sulfonamides is 1. The van der Waals surface area contributed by atoms with Gasteiger partial charge < -0.3 is 15.0 Å². The Balaban J connectivity index is 2.38. The molecule has 0 saturated carbocycles. The van der Waals surface area contributed by atoms with E-state index in [9.17, 15) is 26.8 Å². The van der Waals surface area contributed by atoms with Gasteiger partial charge in [0.1, 0.15) is 18.3 Å². The number of benzene rings is 2. The van der Waals surface area contributed by atoms with E-state index in [1.807, 2.05) is 6.92 Å². The van der Waals surface area contributed by atoms with Crippen molar-refractivity contribution in [1.82, 2.24) is 10.2 Å². The number of hydrogen-bond donors (Lipinski definition) is 1. The van der Waals surface area contributed by atoms with E-state index in [1.54, 1.807) is 31.2 Å². The lowest BCUT2D eigenvalue weighted by atomic mass is 10.1. The van der Waals surface area contributed by atoms with E-state index in [1.165, 1.54) is 12.0 Å². The minimum absolute atomic E-state index is 0.00617. The van der Waals surface area contributed by atoms with Crippen molar-refractivity contribution in [2.24, 2.45) is 0 Å². The van der Waals surface area contributed by atoms with Gasteiger partial charge in [0.25, 0.3) is 0 Å². The molecule has 0 aliphatic carbocycles. The van der Waals surface area contributed by atoms with E-state index in [0.717, 1.165) is 31.2 Å². The Labute approximate surface area is 204 Å². The number of anilines is 1. The second-order valence-corrected chi connectivity index (χ2v) is 9.97. The van der Waals surface area contributed by atoms with Crippen LogP contribution in [0.25, 0.3) is 0 Å². The molecule has 2 aromatic rings. The zero-order valence-corrected chi connectivity index (χ0v) is 21.1. The highest BCUT2D eigenvalue weighted by atomic mass is 32.2. The fraction of sp³-hybridized carbons (Fsp3) is 0.417. The number of halogens is 2. The summed E-state index contributed by atoms with van der Waals surface area (Å²) in [6, 6.07) is 8.52.